The summed E-state index contributed by atoms with van der Waals surface area (Å²) in [7, 11) is 0. The summed E-state index contributed by atoms with van der Waals surface area (Å²) in [4.78, 5) is 0. The maximum Gasteiger partial charge on any atom is 0.157 e. The first-order chi connectivity index (χ1) is 9.24. The summed E-state index contributed by atoms with van der Waals surface area (Å²) in [6.45, 7) is 0. The van der Waals surface area contributed by atoms with E-state index < -0.39 is 0 Å². The van der Waals surface area contributed by atoms with E-state index in [1.165, 1.54) is 0 Å². The van der Waals surface area contributed by atoms with Crippen molar-refractivity contribution >= 4 is 32.5 Å². The minimum absolute atomic E-state index is 0.565. The lowest BCUT2D eigenvalue weighted by atomic mass is 10.2. The molecule has 0 radical (unpaired) electrons. The molecule has 0 aliphatic rings. The number of nitrogens with zero attached hydrogens (tertiary/aromatic N) is 2. The van der Waals surface area contributed by atoms with Gasteiger partial charge in [-0.05, 0) is 30.3 Å². The number of aromatic nitrogens is 2. The fourth-order valence-electron chi connectivity index (χ4n) is 1.79. The highest BCUT2D eigenvalue weighted by Gasteiger charge is 2.07. The third-order valence-corrected chi connectivity index (χ3v) is 3.19. The molecule has 1 aromatic heterocycles. The number of fused-ring (bicyclic) bond motifs is 1. The third-order valence-electron chi connectivity index (χ3n) is 2.70. The first-order valence-corrected chi connectivity index (χ1v) is 6.46. The molecule has 94 valence electrons. The van der Waals surface area contributed by atoms with Gasteiger partial charge in [0.15, 0.2) is 5.75 Å². The van der Waals surface area contributed by atoms with Crippen molar-refractivity contribution in [2.75, 3.05) is 5.73 Å². The molecular weight excluding hydrogens is 306 g/mol. The Morgan fingerprint density at radius 3 is 2.74 bits per heavy atom. The molecule has 0 spiro atoms. The minimum Gasteiger partial charge on any atom is -0.453 e. The van der Waals surface area contributed by atoms with Crippen LogP contribution in [-0.2, 0) is 0 Å². The molecule has 0 fully saturated rings. The van der Waals surface area contributed by atoms with Gasteiger partial charge in [-0.15, -0.1) is 0 Å². The molecule has 2 N–H and O–H groups in total. The molecule has 0 atom stereocenters. The Labute approximate surface area is 118 Å². The average Bonchev–Trinajstić information content (AvgIpc) is 2.42. The van der Waals surface area contributed by atoms with Crippen LogP contribution in [0, 0.1) is 0 Å². The summed E-state index contributed by atoms with van der Waals surface area (Å²) in [5.41, 5.74) is 7.27. The molecule has 0 saturated heterocycles. The van der Waals surface area contributed by atoms with E-state index in [0.717, 1.165) is 15.4 Å². The summed E-state index contributed by atoms with van der Waals surface area (Å²) in [5.74, 6) is 1.24. The quantitative estimate of drug-likeness (QED) is 0.731. The van der Waals surface area contributed by atoms with E-state index in [1.807, 2.05) is 36.4 Å². The van der Waals surface area contributed by atoms with Crippen LogP contribution in [0.4, 0.5) is 5.69 Å². The van der Waals surface area contributed by atoms with Crippen molar-refractivity contribution in [1.82, 2.24) is 10.2 Å². The number of benzene rings is 2. The summed E-state index contributed by atoms with van der Waals surface area (Å²) in [6.07, 6.45) is 1.59. The van der Waals surface area contributed by atoms with E-state index >= 15 is 0 Å². The lowest BCUT2D eigenvalue weighted by molar-refractivity contribution is 0.487. The Balaban J connectivity index is 2.06. The van der Waals surface area contributed by atoms with Crippen LogP contribution in [0.3, 0.4) is 0 Å². The van der Waals surface area contributed by atoms with Gasteiger partial charge in [0.1, 0.15) is 5.75 Å². The van der Waals surface area contributed by atoms with Crippen LogP contribution >= 0.6 is 15.9 Å². The number of nitrogens with two attached hydrogens (primary N) is 1. The second kappa shape index (κ2) is 4.85. The van der Waals surface area contributed by atoms with Crippen molar-refractivity contribution in [3.8, 4) is 11.5 Å². The molecule has 3 aromatic rings. The van der Waals surface area contributed by atoms with Gasteiger partial charge < -0.3 is 10.5 Å². The molecule has 3 rings (SSSR count). The monoisotopic (exact) mass is 315 g/mol. The number of rotatable bonds is 2. The summed E-state index contributed by atoms with van der Waals surface area (Å²) >= 11 is 3.36. The van der Waals surface area contributed by atoms with E-state index in [1.54, 1.807) is 12.3 Å². The molecule has 1 heterocycles. The lowest BCUT2D eigenvalue weighted by Gasteiger charge is -2.10. The summed E-state index contributed by atoms with van der Waals surface area (Å²) in [6, 6.07) is 13.2. The van der Waals surface area contributed by atoms with E-state index in [4.69, 9.17) is 10.5 Å². The number of ether oxygens (including phenoxy) is 1. The first kappa shape index (κ1) is 11.9. The number of hydrogen-bond acceptors (Lipinski definition) is 4. The summed E-state index contributed by atoms with van der Waals surface area (Å²) < 4.78 is 6.74. The lowest BCUT2D eigenvalue weighted by Crippen LogP contribution is -1.94. The van der Waals surface area contributed by atoms with Crippen molar-refractivity contribution in [1.29, 1.82) is 0 Å². The highest BCUT2D eigenvalue weighted by molar-refractivity contribution is 9.10. The second-order valence-electron chi connectivity index (χ2n) is 4.01. The van der Waals surface area contributed by atoms with E-state index in [0.29, 0.717) is 17.2 Å². The van der Waals surface area contributed by atoms with Crippen LogP contribution in [0.25, 0.3) is 10.9 Å². The van der Waals surface area contributed by atoms with Crippen LogP contribution < -0.4 is 10.5 Å². The van der Waals surface area contributed by atoms with Crippen molar-refractivity contribution in [2.24, 2.45) is 0 Å². The number of anilines is 1. The fraction of sp³-hybridized carbons (Fsp3) is 0. The number of nitrogen functional groups attached to an aromatic ring is 1. The number of halogens is 1. The van der Waals surface area contributed by atoms with E-state index in [-0.39, 0.29) is 0 Å². The standard InChI is InChI=1S/C14H10BrN3O/c15-9-5-6-13(11(16)7-9)19-14-8-17-18-12-4-2-1-3-10(12)14/h1-8H,16H2. The predicted octanol–water partition coefficient (Wildman–Crippen LogP) is 3.77. The number of hydrogen-bond donors (Lipinski definition) is 1. The zero-order chi connectivity index (χ0) is 13.2. The normalized spacial score (nSPS) is 10.6. The van der Waals surface area contributed by atoms with Crippen LogP contribution in [-0.4, -0.2) is 10.2 Å². The van der Waals surface area contributed by atoms with Crippen molar-refractivity contribution in [3.05, 3.63) is 53.1 Å². The molecule has 0 aliphatic carbocycles. The molecule has 19 heavy (non-hydrogen) atoms. The van der Waals surface area contributed by atoms with Crippen LogP contribution in [0.15, 0.2) is 53.1 Å². The maximum absolute atomic E-state index is 5.92. The fourth-order valence-corrected chi connectivity index (χ4v) is 2.17. The third kappa shape index (κ3) is 2.37. The molecule has 4 nitrogen and oxygen atoms in total. The highest BCUT2D eigenvalue weighted by atomic mass is 79.9. The largest absolute Gasteiger partial charge is 0.453 e. The molecule has 0 bridgehead atoms. The Hall–Kier alpha value is -2.14. The van der Waals surface area contributed by atoms with Gasteiger partial charge in [0.25, 0.3) is 0 Å². The Morgan fingerprint density at radius 2 is 1.89 bits per heavy atom. The maximum atomic E-state index is 5.92. The van der Waals surface area contributed by atoms with Gasteiger partial charge in [0, 0.05) is 9.86 Å². The molecule has 0 aliphatic heterocycles. The van der Waals surface area contributed by atoms with Crippen LogP contribution in [0.5, 0.6) is 11.5 Å². The van der Waals surface area contributed by atoms with Gasteiger partial charge in [-0.3, -0.25) is 0 Å². The van der Waals surface area contributed by atoms with E-state index in [9.17, 15) is 0 Å². The highest BCUT2D eigenvalue weighted by Crippen LogP contribution is 2.32. The zero-order valence-electron chi connectivity index (χ0n) is 9.88. The van der Waals surface area contributed by atoms with Gasteiger partial charge in [0.2, 0.25) is 0 Å². The smallest absolute Gasteiger partial charge is 0.157 e. The zero-order valence-corrected chi connectivity index (χ0v) is 11.5. The minimum atomic E-state index is 0.565. The SMILES string of the molecule is Nc1cc(Br)ccc1Oc1cnnc2ccccc12. The van der Waals surface area contributed by atoms with Crippen LogP contribution in [0.2, 0.25) is 0 Å². The summed E-state index contributed by atoms with van der Waals surface area (Å²) in [5, 5.41) is 8.89. The van der Waals surface area contributed by atoms with Crippen molar-refractivity contribution < 1.29 is 4.74 Å². The van der Waals surface area contributed by atoms with Gasteiger partial charge in [-0.1, -0.05) is 28.1 Å². The average molecular weight is 316 g/mol. The first-order valence-electron chi connectivity index (χ1n) is 5.67. The van der Waals surface area contributed by atoms with Crippen molar-refractivity contribution in [3.63, 3.8) is 0 Å². The van der Waals surface area contributed by atoms with Gasteiger partial charge in [0.05, 0.1) is 17.4 Å². The molecule has 0 saturated carbocycles. The van der Waals surface area contributed by atoms with Gasteiger partial charge in [-0.25, -0.2) is 0 Å². The van der Waals surface area contributed by atoms with Crippen LogP contribution in [0.1, 0.15) is 0 Å². The predicted molar refractivity (Wildman–Crippen MR) is 78.2 cm³/mol. The second-order valence-corrected chi connectivity index (χ2v) is 4.93. The Bertz CT molecular complexity index is 740. The Kier molecular flexibility index (Phi) is 3.05. The molecule has 0 amide bonds. The Morgan fingerprint density at radius 1 is 1.05 bits per heavy atom. The van der Waals surface area contributed by atoms with E-state index in [2.05, 4.69) is 26.1 Å². The molecule has 5 heteroatoms. The van der Waals surface area contributed by atoms with Crippen molar-refractivity contribution in [2.45, 2.75) is 0 Å². The van der Waals surface area contributed by atoms with Gasteiger partial charge >= 0.3 is 0 Å². The molecule has 2 aromatic carbocycles. The topological polar surface area (TPSA) is 61.0 Å². The molecular formula is C14H10BrN3O. The molecule has 0 unspecified atom stereocenters. The van der Waals surface area contributed by atoms with Gasteiger partial charge in [-0.2, -0.15) is 10.2 Å².